The molecular weight excluding hydrogens is 274 g/mol. The van der Waals surface area contributed by atoms with Crippen molar-refractivity contribution < 1.29 is 14.8 Å². The molecule has 0 radical (unpaired) electrons. The highest BCUT2D eigenvalue weighted by molar-refractivity contribution is 6.32. The molecule has 0 fully saturated rings. The molecule has 0 unspecified atom stereocenters. The molecule has 1 heterocycles. The number of aromatic nitrogens is 2. The Morgan fingerprint density at radius 1 is 1.47 bits per heavy atom. The molecular formula is C11H8ClN3O4. The number of rotatable bonds is 4. The van der Waals surface area contributed by atoms with Crippen LogP contribution in [0, 0.1) is 10.1 Å². The lowest BCUT2D eigenvalue weighted by molar-refractivity contribution is -0.389. The van der Waals surface area contributed by atoms with Crippen molar-refractivity contribution in [3.8, 4) is 0 Å². The fourth-order valence-electron chi connectivity index (χ4n) is 1.63. The van der Waals surface area contributed by atoms with Crippen LogP contribution in [0.25, 0.3) is 0 Å². The highest BCUT2D eigenvalue weighted by atomic mass is 35.5. The Balaban J connectivity index is 2.34. The van der Waals surface area contributed by atoms with Crippen LogP contribution in [0.2, 0.25) is 5.02 Å². The standard InChI is InChI=1S/C11H8ClN3O4/c12-9-6-14(13-10(9)15(18)19)5-7-3-1-2-4-8(7)11(16)17/h1-4,6H,5H2,(H,16,17). The van der Waals surface area contributed by atoms with Crippen molar-refractivity contribution in [3.63, 3.8) is 0 Å². The molecule has 98 valence electrons. The van der Waals surface area contributed by atoms with E-state index < -0.39 is 16.7 Å². The number of aromatic carboxylic acids is 1. The van der Waals surface area contributed by atoms with E-state index in [4.69, 9.17) is 16.7 Å². The van der Waals surface area contributed by atoms with Crippen molar-refractivity contribution in [2.75, 3.05) is 0 Å². The van der Waals surface area contributed by atoms with E-state index in [0.29, 0.717) is 5.56 Å². The summed E-state index contributed by atoms with van der Waals surface area (Å²) in [5.74, 6) is -1.52. The lowest BCUT2D eigenvalue weighted by Gasteiger charge is -2.03. The number of carboxylic acid groups (broad SMARTS) is 1. The van der Waals surface area contributed by atoms with Gasteiger partial charge in [0.05, 0.1) is 23.4 Å². The van der Waals surface area contributed by atoms with Gasteiger partial charge in [0.2, 0.25) is 0 Å². The van der Waals surface area contributed by atoms with Gasteiger partial charge in [-0.25, -0.2) is 4.79 Å². The number of hydrogen-bond donors (Lipinski definition) is 1. The molecule has 0 aliphatic rings. The predicted molar refractivity (Wildman–Crippen MR) is 66.4 cm³/mol. The molecule has 0 bridgehead atoms. The molecule has 0 aliphatic carbocycles. The van der Waals surface area contributed by atoms with Crippen LogP contribution in [0.4, 0.5) is 5.82 Å². The van der Waals surface area contributed by atoms with Crippen LogP contribution < -0.4 is 0 Å². The monoisotopic (exact) mass is 281 g/mol. The zero-order valence-corrected chi connectivity index (χ0v) is 10.2. The van der Waals surface area contributed by atoms with Crippen molar-refractivity contribution >= 4 is 23.4 Å². The molecule has 1 aromatic heterocycles. The average molecular weight is 282 g/mol. The van der Waals surface area contributed by atoms with Crippen molar-refractivity contribution in [1.29, 1.82) is 0 Å². The van der Waals surface area contributed by atoms with Crippen molar-refractivity contribution in [1.82, 2.24) is 9.78 Å². The molecule has 1 aromatic carbocycles. The van der Waals surface area contributed by atoms with Crippen molar-refractivity contribution in [3.05, 3.63) is 56.7 Å². The minimum atomic E-state index is -1.07. The summed E-state index contributed by atoms with van der Waals surface area (Å²) < 4.78 is 1.24. The lowest BCUT2D eigenvalue weighted by Crippen LogP contribution is -2.07. The average Bonchev–Trinajstić information content (AvgIpc) is 2.71. The summed E-state index contributed by atoms with van der Waals surface area (Å²) in [6.45, 7) is 0.0933. The van der Waals surface area contributed by atoms with E-state index in [9.17, 15) is 14.9 Å². The highest BCUT2D eigenvalue weighted by Gasteiger charge is 2.20. The van der Waals surface area contributed by atoms with Gasteiger partial charge in [-0.3, -0.25) is 0 Å². The number of nitro groups is 1. The molecule has 0 saturated heterocycles. The fourth-order valence-corrected chi connectivity index (χ4v) is 1.85. The van der Waals surface area contributed by atoms with Gasteiger partial charge in [-0.2, -0.15) is 4.68 Å². The van der Waals surface area contributed by atoms with Crippen LogP contribution >= 0.6 is 11.6 Å². The predicted octanol–water partition coefficient (Wildman–Crippen LogP) is 2.19. The zero-order chi connectivity index (χ0) is 14.0. The first kappa shape index (κ1) is 13.0. The minimum Gasteiger partial charge on any atom is -0.478 e. The van der Waals surface area contributed by atoms with Crippen LogP contribution in [-0.4, -0.2) is 25.8 Å². The summed E-state index contributed by atoms with van der Waals surface area (Å²) in [7, 11) is 0. The lowest BCUT2D eigenvalue weighted by atomic mass is 10.1. The maximum atomic E-state index is 11.0. The van der Waals surface area contributed by atoms with Crippen molar-refractivity contribution in [2.45, 2.75) is 6.54 Å². The van der Waals surface area contributed by atoms with Gasteiger partial charge >= 0.3 is 11.8 Å². The second-order valence-corrected chi connectivity index (χ2v) is 4.12. The summed E-state index contributed by atoms with van der Waals surface area (Å²) in [4.78, 5) is 20.9. The highest BCUT2D eigenvalue weighted by Crippen LogP contribution is 2.22. The second-order valence-electron chi connectivity index (χ2n) is 3.72. The molecule has 2 rings (SSSR count). The fraction of sp³-hybridized carbons (Fsp3) is 0.0909. The number of halogens is 1. The number of carbonyl (C=O) groups is 1. The molecule has 2 aromatic rings. The third-order valence-corrected chi connectivity index (χ3v) is 2.72. The molecule has 0 spiro atoms. The molecule has 0 amide bonds. The third-order valence-electron chi connectivity index (χ3n) is 2.45. The summed E-state index contributed by atoms with van der Waals surface area (Å²) in [6, 6.07) is 6.36. The molecule has 7 nitrogen and oxygen atoms in total. The third kappa shape index (κ3) is 2.71. The minimum absolute atomic E-state index is 0.0854. The first-order valence-electron chi connectivity index (χ1n) is 5.17. The number of benzene rings is 1. The summed E-state index contributed by atoms with van der Waals surface area (Å²) >= 11 is 5.67. The van der Waals surface area contributed by atoms with E-state index in [2.05, 4.69) is 5.10 Å². The molecule has 0 aliphatic heterocycles. The first-order valence-corrected chi connectivity index (χ1v) is 5.55. The number of nitrogens with zero attached hydrogens (tertiary/aromatic N) is 3. The van der Waals surface area contributed by atoms with E-state index >= 15 is 0 Å². The smallest absolute Gasteiger partial charge is 0.408 e. The molecule has 1 N–H and O–H groups in total. The second kappa shape index (κ2) is 5.07. The van der Waals surface area contributed by atoms with Gasteiger partial charge in [0.25, 0.3) is 0 Å². The Kier molecular flexibility index (Phi) is 3.48. The van der Waals surface area contributed by atoms with Gasteiger partial charge in [0, 0.05) is 0 Å². The van der Waals surface area contributed by atoms with E-state index in [1.54, 1.807) is 18.2 Å². The van der Waals surface area contributed by atoms with Gasteiger partial charge < -0.3 is 15.2 Å². The van der Waals surface area contributed by atoms with Crippen LogP contribution in [-0.2, 0) is 6.54 Å². The maximum absolute atomic E-state index is 11.0. The molecule has 19 heavy (non-hydrogen) atoms. The zero-order valence-electron chi connectivity index (χ0n) is 9.49. The normalized spacial score (nSPS) is 10.4. The van der Waals surface area contributed by atoms with Crippen LogP contribution in [0.15, 0.2) is 30.5 Å². The van der Waals surface area contributed by atoms with Crippen molar-refractivity contribution in [2.24, 2.45) is 0 Å². The van der Waals surface area contributed by atoms with Gasteiger partial charge in [-0.05, 0) is 16.6 Å². The van der Waals surface area contributed by atoms with Crippen LogP contribution in [0.5, 0.6) is 0 Å². The van der Waals surface area contributed by atoms with Gasteiger partial charge in [-0.1, -0.05) is 29.8 Å². The molecule has 0 atom stereocenters. The Bertz CT molecular complexity index is 653. The van der Waals surface area contributed by atoms with Crippen LogP contribution in [0.1, 0.15) is 15.9 Å². The van der Waals surface area contributed by atoms with E-state index in [0.717, 1.165) is 0 Å². The Morgan fingerprint density at radius 3 is 2.74 bits per heavy atom. The molecule has 0 saturated carbocycles. The summed E-state index contributed by atoms with van der Waals surface area (Å²) in [5.41, 5.74) is 0.612. The Morgan fingerprint density at radius 2 is 2.16 bits per heavy atom. The van der Waals surface area contributed by atoms with Gasteiger partial charge in [0.15, 0.2) is 5.02 Å². The first-order chi connectivity index (χ1) is 8.99. The van der Waals surface area contributed by atoms with E-state index in [1.165, 1.54) is 16.9 Å². The maximum Gasteiger partial charge on any atom is 0.408 e. The number of carboxylic acids is 1. The topological polar surface area (TPSA) is 98.3 Å². The van der Waals surface area contributed by atoms with Crippen LogP contribution in [0.3, 0.4) is 0 Å². The quantitative estimate of drug-likeness (QED) is 0.684. The van der Waals surface area contributed by atoms with Gasteiger partial charge in [0.1, 0.15) is 0 Å². The molecule has 8 heteroatoms. The Labute approximate surface area is 112 Å². The van der Waals surface area contributed by atoms with E-state index in [1.807, 2.05) is 0 Å². The number of hydrogen-bond acceptors (Lipinski definition) is 4. The largest absolute Gasteiger partial charge is 0.478 e. The SMILES string of the molecule is O=C(O)c1ccccc1Cn1cc(Cl)c([N+](=O)[O-])n1. The van der Waals surface area contributed by atoms with E-state index in [-0.39, 0.29) is 17.1 Å². The van der Waals surface area contributed by atoms with Gasteiger partial charge in [-0.15, -0.1) is 0 Å². The summed E-state index contributed by atoms with van der Waals surface area (Å²) in [5, 5.41) is 23.3. The Hall–Kier alpha value is -2.41. The summed E-state index contributed by atoms with van der Waals surface area (Å²) in [6.07, 6.45) is 1.29.